The molecule has 5 heteroatoms. The fourth-order valence-electron chi connectivity index (χ4n) is 1.10. The molecule has 0 aliphatic heterocycles. The Kier molecular flexibility index (Phi) is 6.77. The van der Waals surface area contributed by atoms with E-state index < -0.39 is 5.97 Å². The first kappa shape index (κ1) is 14.3. The van der Waals surface area contributed by atoms with E-state index in [1.807, 2.05) is 6.92 Å². The van der Waals surface area contributed by atoms with Crippen LogP contribution in [-0.4, -0.2) is 29.2 Å². The Bertz CT molecular complexity index is 283. The number of carboxylic acid groups (broad SMARTS) is 1. The summed E-state index contributed by atoms with van der Waals surface area (Å²) in [6.45, 7) is 3.62. The summed E-state index contributed by atoms with van der Waals surface area (Å²) in [6, 6.07) is -0.833. The van der Waals surface area contributed by atoms with E-state index in [0.29, 0.717) is 12.8 Å². The number of rotatable bonds is 6. The number of hydrogen-bond donors (Lipinski definition) is 3. The fraction of sp³-hybridized carbons (Fsp3) is 0.636. The first-order chi connectivity index (χ1) is 7.49. The van der Waals surface area contributed by atoms with E-state index in [-0.39, 0.29) is 24.5 Å². The number of carbonyl (C=O) groups is 2. The van der Waals surface area contributed by atoms with Gasteiger partial charge in [-0.2, -0.15) is 0 Å². The van der Waals surface area contributed by atoms with Crippen molar-refractivity contribution in [2.45, 2.75) is 45.2 Å². The van der Waals surface area contributed by atoms with Crippen LogP contribution in [0, 0.1) is 12.3 Å². The Balaban J connectivity index is 3.87. The Hall–Kier alpha value is -1.70. The normalized spacial score (nSPS) is 13.3. The van der Waals surface area contributed by atoms with Crippen molar-refractivity contribution in [2.24, 2.45) is 0 Å². The molecule has 0 aliphatic rings. The molecule has 0 radical (unpaired) electrons. The van der Waals surface area contributed by atoms with Gasteiger partial charge in [0, 0.05) is 12.5 Å². The predicted molar refractivity (Wildman–Crippen MR) is 60.9 cm³/mol. The molecule has 0 saturated carbocycles. The monoisotopic (exact) mass is 226 g/mol. The molecule has 3 N–H and O–H groups in total. The molecule has 0 aliphatic carbocycles. The summed E-state index contributed by atoms with van der Waals surface area (Å²) in [4.78, 5) is 21.7. The van der Waals surface area contributed by atoms with Gasteiger partial charge in [-0.05, 0) is 19.8 Å². The highest BCUT2D eigenvalue weighted by molar-refractivity contribution is 5.75. The van der Waals surface area contributed by atoms with E-state index in [1.165, 1.54) is 0 Å². The maximum atomic E-state index is 11.4. The van der Waals surface area contributed by atoms with Crippen molar-refractivity contribution in [1.29, 1.82) is 0 Å². The van der Waals surface area contributed by atoms with Gasteiger partial charge < -0.3 is 15.7 Å². The van der Waals surface area contributed by atoms with Crippen molar-refractivity contribution in [3.8, 4) is 12.3 Å². The van der Waals surface area contributed by atoms with Crippen LogP contribution in [0.5, 0.6) is 0 Å². The quantitative estimate of drug-likeness (QED) is 0.590. The van der Waals surface area contributed by atoms with Gasteiger partial charge in [0.25, 0.3) is 0 Å². The van der Waals surface area contributed by atoms with Crippen LogP contribution in [0.3, 0.4) is 0 Å². The van der Waals surface area contributed by atoms with E-state index >= 15 is 0 Å². The zero-order valence-electron chi connectivity index (χ0n) is 9.62. The van der Waals surface area contributed by atoms with Crippen LogP contribution in [0.4, 0.5) is 4.79 Å². The van der Waals surface area contributed by atoms with Crippen LogP contribution in [0.15, 0.2) is 0 Å². The van der Waals surface area contributed by atoms with Crippen LogP contribution in [0.2, 0.25) is 0 Å². The van der Waals surface area contributed by atoms with Gasteiger partial charge >= 0.3 is 12.0 Å². The zero-order chi connectivity index (χ0) is 12.6. The molecule has 90 valence electrons. The van der Waals surface area contributed by atoms with E-state index in [0.717, 1.165) is 0 Å². The molecule has 2 amide bonds. The number of carbonyl (C=O) groups excluding carboxylic acids is 1. The van der Waals surface area contributed by atoms with Crippen molar-refractivity contribution >= 4 is 12.0 Å². The van der Waals surface area contributed by atoms with Gasteiger partial charge in [-0.1, -0.05) is 12.8 Å². The van der Waals surface area contributed by atoms with E-state index in [2.05, 4.69) is 16.6 Å². The fourth-order valence-corrected chi connectivity index (χ4v) is 1.10. The number of aliphatic carboxylic acids is 1. The molecule has 5 nitrogen and oxygen atoms in total. The largest absolute Gasteiger partial charge is 0.481 e. The number of urea groups is 1. The lowest BCUT2D eigenvalue weighted by atomic mass is 10.2. The number of terminal acetylenes is 1. The molecule has 0 bridgehead atoms. The number of nitrogens with one attached hydrogen (secondary N) is 2. The Morgan fingerprint density at radius 1 is 1.44 bits per heavy atom. The summed E-state index contributed by atoms with van der Waals surface area (Å²) >= 11 is 0. The first-order valence-corrected chi connectivity index (χ1v) is 5.24. The predicted octanol–water partition coefficient (Wildman–Crippen LogP) is 0.951. The second-order valence-corrected chi connectivity index (χ2v) is 3.58. The third-order valence-corrected chi connectivity index (χ3v) is 2.08. The zero-order valence-corrected chi connectivity index (χ0v) is 9.62. The number of carboxylic acids is 1. The summed E-state index contributed by atoms with van der Waals surface area (Å²) in [5.41, 5.74) is 0. The van der Waals surface area contributed by atoms with Crippen molar-refractivity contribution in [2.75, 3.05) is 0 Å². The van der Waals surface area contributed by atoms with Gasteiger partial charge in [-0.15, -0.1) is 6.42 Å². The molecule has 0 aromatic carbocycles. The van der Waals surface area contributed by atoms with Crippen molar-refractivity contribution < 1.29 is 14.7 Å². The molecule has 2 unspecified atom stereocenters. The topological polar surface area (TPSA) is 78.4 Å². The molecule has 0 fully saturated rings. The highest BCUT2D eigenvalue weighted by atomic mass is 16.4. The first-order valence-electron chi connectivity index (χ1n) is 5.24. The molecule has 0 saturated heterocycles. The standard InChI is InChI=1S/C11H18N2O3/c1-4-9(5-2)13-11(16)12-8(3)6-7-10(14)15/h1,8-9H,5-7H2,2-3H3,(H,14,15)(H2,12,13,16). The van der Waals surface area contributed by atoms with E-state index in [4.69, 9.17) is 11.5 Å². The summed E-state index contributed by atoms with van der Waals surface area (Å²) in [5.74, 6) is 1.57. The molecule has 0 rings (SSSR count). The molecule has 0 heterocycles. The lowest BCUT2D eigenvalue weighted by molar-refractivity contribution is -0.137. The van der Waals surface area contributed by atoms with Gasteiger partial charge in [0.05, 0.1) is 6.04 Å². The third-order valence-electron chi connectivity index (χ3n) is 2.08. The van der Waals surface area contributed by atoms with Gasteiger partial charge in [-0.25, -0.2) is 4.79 Å². The molecular weight excluding hydrogens is 208 g/mol. The maximum absolute atomic E-state index is 11.4. The van der Waals surface area contributed by atoms with Crippen LogP contribution in [-0.2, 0) is 4.79 Å². The molecule has 16 heavy (non-hydrogen) atoms. The molecule has 2 atom stereocenters. The van der Waals surface area contributed by atoms with Gasteiger partial charge in [0.2, 0.25) is 0 Å². The van der Waals surface area contributed by atoms with Crippen LogP contribution >= 0.6 is 0 Å². The van der Waals surface area contributed by atoms with Gasteiger partial charge in [0.1, 0.15) is 0 Å². The Labute approximate surface area is 95.6 Å². The summed E-state index contributed by atoms with van der Waals surface area (Å²) in [7, 11) is 0. The van der Waals surface area contributed by atoms with Crippen molar-refractivity contribution in [1.82, 2.24) is 10.6 Å². The smallest absolute Gasteiger partial charge is 0.315 e. The van der Waals surface area contributed by atoms with Crippen LogP contribution in [0.25, 0.3) is 0 Å². The minimum Gasteiger partial charge on any atom is -0.481 e. The van der Waals surface area contributed by atoms with Gasteiger partial charge in [-0.3, -0.25) is 4.79 Å². The van der Waals surface area contributed by atoms with Crippen molar-refractivity contribution in [3.05, 3.63) is 0 Å². The molecule has 0 spiro atoms. The minimum absolute atomic E-state index is 0.0355. The van der Waals surface area contributed by atoms with E-state index in [1.54, 1.807) is 6.92 Å². The summed E-state index contributed by atoms with van der Waals surface area (Å²) in [6.07, 6.45) is 6.28. The molecule has 0 aromatic heterocycles. The maximum Gasteiger partial charge on any atom is 0.315 e. The number of amides is 2. The lowest BCUT2D eigenvalue weighted by Crippen LogP contribution is -2.44. The lowest BCUT2D eigenvalue weighted by Gasteiger charge is -2.16. The van der Waals surface area contributed by atoms with Gasteiger partial charge in [0.15, 0.2) is 0 Å². The third kappa shape index (κ3) is 6.71. The minimum atomic E-state index is -0.871. The summed E-state index contributed by atoms with van der Waals surface area (Å²) in [5, 5.41) is 13.7. The van der Waals surface area contributed by atoms with E-state index in [9.17, 15) is 9.59 Å². The average Bonchev–Trinajstić information content (AvgIpc) is 2.23. The van der Waals surface area contributed by atoms with Crippen LogP contribution in [0.1, 0.15) is 33.1 Å². The Morgan fingerprint density at radius 3 is 2.50 bits per heavy atom. The summed E-state index contributed by atoms with van der Waals surface area (Å²) < 4.78 is 0. The van der Waals surface area contributed by atoms with Crippen molar-refractivity contribution in [3.63, 3.8) is 0 Å². The van der Waals surface area contributed by atoms with Crippen LogP contribution < -0.4 is 10.6 Å². The molecule has 0 aromatic rings. The highest BCUT2D eigenvalue weighted by Crippen LogP contribution is 1.96. The average molecular weight is 226 g/mol. The number of hydrogen-bond acceptors (Lipinski definition) is 2. The SMILES string of the molecule is C#CC(CC)NC(=O)NC(C)CCC(=O)O. The molecular formula is C11H18N2O3. The second-order valence-electron chi connectivity index (χ2n) is 3.58. The second kappa shape index (κ2) is 7.57. The highest BCUT2D eigenvalue weighted by Gasteiger charge is 2.11. The Morgan fingerprint density at radius 2 is 2.06 bits per heavy atom.